The van der Waals surface area contributed by atoms with Crippen LogP contribution in [0.2, 0.25) is 0 Å². The van der Waals surface area contributed by atoms with Crippen LogP contribution < -0.4 is 0 Å². The average molecular weight is 551 g/mol. The van der Waals surface area contributed by atoms with Gasteiger partial charge in [0.25, 0.3) is 0 Å². The van der Waals surface area contributed by atoms with Gasteiger partial charge in [-0.25, -0.2) is 0 Å². The van der Waals surface area contributed by atoms with Crippen LogP contribution in [-0.2, 0) is 0 Å². The molecule has 0 unspecified atom stereocenters. The molecule has 0 fully saturated rings. The van der Waals surface area contributed by atoms with Crippen LogP contribution in [0.5, 0.6) is 0 Å². The quantitative estimate of drug-likeness (QED) is 0.198. The maximum atomic E-state index is 3.09. The normalized spacial score (nSPS) is 11.2. The molecule has 0 N–H and O–H groups in total. The fourth-order valence-corrected chi connectivity index (χ4v) is 3.16. The van der Waals surface area contributed by atoms with Crippen LogP contribution in [0.25, 0.3) is 0 Å². The highest BCUT2D eigenvalue weighted by Crippen LogP contribution is 2.18. The van der Waals surface area contributed by atoms with Crippen LogP contribution in [-0.4, -0.2) is 0 Å². The topological polar surface area (TPSA) is 0 Å². The predicted octanol–water partition coefficient (Wildman–Crippen LogP) is 13.9. The summed E-state index contributed by atoms with van der Waals surface area (Å²) < 4.78 is 0. The predicted molar refractivity (Wildman–Crippen MR) is 188 cm³/mol. The fraction of sp³-hybridized carbons (Fsp3) is 0.897. The molecule has 0 aromatic heterocycles. The summed E-state index contributed by atoms with van der Waals surface area (Å²) in [6, 6.07) is 0. The highest BCUT2D eigenvalue weighted by molar-refractivity contribution is 5.03. The lowest BCUT2D eigenvalue weighted by Gasteiger charge is -2.18. The number of allylic oxidation sites excluding steroid dienone is 2. The maximum Gasteiger partial charge on any atom is 0.0146 e. The first-order valence-electron chi connectivity index (χ1n) is 16.8. The van der Waals surface area contributed by atoms with Gasteiger partial charge in [-0.1, -0.05) is 170 Å². The summed E-state index contributed by atoms with van der Waals surface area (Å²) in [5.74, 6) is 14.7. The highest BCUT2D eigenvalue weighted by atomic mass is 14.2. The second-order valence-electron chi connectivity index (χ2n) is 15.2. The second kappa shape index (κ2) is 31.8. The van der Waals surface area contributed by atoms with Crippen LogP contribution in [0.15, 0.2) is 12.2 Å². The van der Waals surface area contributed by atoms with Crippen molar-refractivity contribution >= 4 is 0 Å². The van der Waals surface area contributed by atoms with Crippen molar-refractivity contribution in [1.82, 2.24) is 0 Å². The van der Waals surface area contributed by atoms with Crippen LogP contribution in [0.4, 0.5) is 0 Å². The molecule has 0 heterocycles. The zero-order valence-corrected chi connectivity index (χ0v) is 31.6. The van der Waals surface area contributed by atoms with Gasteiger partial charge in [-0.15, -0.1) is 11.8 Å². The summed E-state index contributed by atoms with van der Waals surface area (Å²) in [7, 11) is 0. The second-order valence-corrected chi connectivity index (χ2v) is 15.2. The maximum absolute atomic E-state index is 3.09. The van der Waals surface area contributed by atoms with Crippen molar-refractivity contribution in [3.8, 4) is 11.8 Å². The molecule has 0 aliphatic carbocycles. The molecule has 0 aliphatic rings. The minimum Gasteiger partial charge on any atom is -0.100 e. The van der Waals surface area contributed by atoms with Gasteiger partial charge in [-0.3, -0.25) is 0 Å². The summed E-state index contributed by atoms with van der Waals surface area (Å²) in [4.78, 5) is 0. The lowest BCUT2D eigenvalue weighted by Crippen LogP contribution is -2.10. The zero-order valence-electron chi connectivity index (χ0n) is 31.6. The van der Waals surface area contributed by atoms with Gasteiger partial charge in [0.1, 0.15) is 0 Å². The molecule has 39 heavy (non-hydrogen) atoms. The molecule has 0 heteroatoms. The Labute approximate surface area is 253 Å². The molecular formula is C39H82. The first-order valence-corrected chi connectivity index (χ1v) is 16.8. The van der Waals surface area contributed by atoms with Gasteiger partial charge in [0.2, 0.25) is 0 Å². The lowest BCUT2D eigenvalue weighted by atomic mass is 9.88. The van der Waals surface area contributed by atoms with E-state index in [0.29, 0.717) is 23.7 Å². The third-order valence-electron chi connectivity index (χ3n) is 5.91. The molecule has 0 aromatic carbocycles. The van der Waals surface area contributed by atoms with Gasteiger partial charge in [-0.05, 0) is 59.7 Å². The number of hydrogen-bond acceptors (Lipinski definition) is 0. The first kappa shape index (κ1) is 48.1. The smallest absolute Gasteiger partial charge is 0.0146 e. The van der Waals surface area contributed by atoms with Gasteiger partial charge in [-0.2, -0.15) is 0 Å². The van der Waals surface area contributed by atoms with Crippen molar-refractivity contribution in [2.75, 3.05) is 0 Å². The van der Waals surface area contributed by atoms with E-state index in [-0.39, 0.29) is 0 Å². The molecule has 0 spiro atoms. The van der Waals surface area contributed by atoms with E-state index in [9.17, 15) is 0 Å². The fourth-order valence-electron chi connectivity index (χ4n) is 3.16. The van der Waals surface area contributed by atoms with Gasteiger partial charge >= 0.3 is 0 Å². The molecule has 0 amide bonds. The van der Waals surface area contributed by atoms with Crippen LogP contribution in [0, 0.1) is 76.9 Å². The summed E-state index contributed by atoms with van der Waals surface area (Å²) >= 11 is 0. The van der Waals surface area contributed by atoms with E-state index < -0.39 is 0 Å². The molecule has 238 valence electrons. The number of rotatable bonds is 9. The Bertz CT molecular complexity index is 482. The van der Waals surface area contributed by atoms with Crippen molar-refractivity contribution in [2.45, 2.75) is 165 Å². The van der Waals surface area contributed by atoms with Gasteiger partial charge in [0.15, 0.2) is 0 Å². The Morgan fingerprint density at radius 2 is 0.641 bits per heavy atom. The van der Waals surface area contributed by atoms with E-state index in [1.165, 1.54) is 19.3 Å². The number of hydrogen-bond donors (Lipinski definition) is 0. The van der Waals surface area contributed by atoms with Crippen molar-refractivity contribution in [3.63, 3.8) is 0 Å². The minimum absolute atomic E-state index is 0.525. The zero-order chi connectivity index (χ0) is 32.3. The van der Waals surface area contributed by atoms with Crippen molar-refractivity contribution in [2.24, 2.45) is 65.1 Å². The third kappa shape index (κ3) is 67.2. The van der Waals surface area contributed by atoms with Crippen LogP contribution in [0.1, 0.15) is 165 Å². The van der Waals surface area contributed by atoms with Gasteiger partial charge < -0.3 is 0 Å². The van der Waals surface area contributed by atoms with E-state index in [1.54, 1.807) is 0 Å². The van der Waals surface area contributed by atoms with Gasteiger partial charge in [0, 0.05) is 11.8 Å². The molecule has 0 nitrogen and oxygen atoms in total. The molecule has 0 bridgehead atoms. The molecule has 0 atom stereocenters. The third-order valence-corrected chi connectivity index (χ3v) is 5.91. The molecule has 0 aliphatic heterocycles. The van der Waals surface area contributed by atoms with E-state index in [0.717, 1.165) is 41.4 Å². The Balaban J connectivity index is -0.000000124. The molecule has 0 radical (unpaired) electrons. The Morgan fingerprint density at radius 3 is 0.718 bits per heavy atom. The molecule has 0 rings (SSSR count). The van der Waals surface area contributed by atoms with E-state index >= 15 is 0 Å². The summed E-state index contributed by atoms with van der Waals surface area (Å²) in [6.45, 7) is 46.8. The Kier molecular flexibility index (Phi) is 39.2. The van der Waals surface area contributed by atoms with E-state index in [2.05, 4.69) is 169 Å². The molecular weight excluding hydrogens is 468 g/mol. The molecule has 0 saturated carbocycles. The van der Waals surface area contributed by atoms with Gasteiger partial charge in [0.05, 0.1) is 0 Å². The van der Waals surface area contributed by atoms with E-state index in [4.69, 9.17) is 0 Å². The Hall–Kier alpha value is -0.700. The summed E-state index contributed by atoms with van der Waals surface area (Å²) in [5, 5.41) is 0. The molecule has 0 aromatic rings. The van der Waals surface area contributed by atoms with Crippen molar-refractivity contribution in [1.29, 1.82) is 0 Å². The van der Waals surface area contributed by atoms with Crippen LogP contribution in [0.3, 0.4) is 0 Å². The highest BCUT2D eigenvalue weighted by Gasteiger charge is 2.09. The Morgan fingerprint density at radius 1 is 0.385 bits per heavy atom. The molecule has 0 saturated heterocycles. The lowest BCUT2D eigenvalue weighted by molar-refractivity contribution is 0.316. The summed E-state index contributed by atoms with van der Waals surface area (Å²) in [5.41, 5.74) is 0. The van der Waals surface area contributed by atoms with E-state index in [1.807, 2.05) is 0 Å². The first-order chi connectivity index (χ1) is 17.6. The van der Waals surface area contributed by atoms with Crippen molar-refractivity contribution < 1.29 is 0 Å². The monoisotopic (exact) mass is 551 g/mol. The van der Waals surface area contributed by atoms with Crippen LogP contribution >= 0.6 is 0 Å². The standard InChI is InChI=1S/C8H18.C8H16.C8H14.C8H18.C7H16/c3*1-7(2)5-6-8(3)4;1-6(2)8(5)7(3)4;1-6(2)5-7(3)4/h7-8H,5-6H2,1-4H3;5-8H,1-4H3;7-8H,1-4H3;6-8H,1-5H3;6-7H,5H2,1-4H3/b;6-5+;;;. The largest absolute Gasteiger partial charge is 0.100 e. The minimum atomic E-state index is 0.525. The van der Waals surface area contributed by atoms with Crippen molar-refractivity contribution in [3.05, 3.63) is 12.2 Å². The SMILES string of the molecule is CC(C)/C=C/C(C)C.CC(C)C#CC(C)C.CC(C)C(C)C(C)C.CC(C)CC(C)C.CC(C)CCC(C)C. The summed E-state index contributed by atoms with van der Waals surface area (Å²) in [6.07, 6.45) is 8.62. The average Bonchev–Trinajstić information content (AvgIpc) is 2.75.